The van der Waals surface area contributed by atoms with Crippen LogP contribution in [0.3, 0.4) is 0 Å². The summed E-state index contributed by atoms with van der Waals surface area (Å²) in [5, 5.41) is 3.20. The molecule has 4 nitrogen and oxygen atoms in total. The number of aromatic nitrogens is 2. The minimum absolute atomic E-state index is 0.0653. The molecule has 1 N–H and O–H groups in total. The van der Waals surface area contributed by atoms with Crippen molar-refractivity contribution < 1.29 is 4.42 Å². The van der Waals surface area contributed by atoms with E-state index in [9.17, 15) is 0 Å². The standard InChI is InChI=1S/C12H15N3O/c1-8-6-7-13-12(14-8)15-10(3)11-5-4-9(2)16-11/h4-7,10H,1-3H3,(H,13,14,15). The van der Waals surface area contributed by atoms with E-state index in [-0.39, 0.29) is 6.04 Å². The second kappa shape index (κ2) is 4.35. The first kappa shape index (κ1) is 10.7. The predicted molar refractivity (Wildman–Crippen MR) is 62.3 cm³/mol. The van der Waals surface area contributed by atoms with Crippen LogP contribution in [0.25, 0.3) is 0 Å². The zero-order valence-electron chi connectivity index (χ0n) is 9.69. The van der Waals surface area contributed by atoms with E-state index in [1.807, 2.05) is 39.0 Å². The Labute approximate surface area is 94.7 Å². The number of rotatable bonds is 3. The van der Waals surface area contributed by atoms with Crippen LogP contribution in [0.4, 0.5) is 5.95 Å². The van der Waals surface area contributed by atoms with Gasteiger partial charge in [-0.1, -0.05) is 0 Å². The molecule has 0 aliphatic carbocycles. The molecule has 84 valence electrons. The van der Waals surface area contributed by atoms with E-state index in [1.54, 1.807) is 6.20 Å². The van der Waals surface area contributed by atoms with Crippen molar-refractivity contribution >= 4 is 5.95 Å². The fraction of sp³-hybridized carbons (Fsp3) is 0.333. The number of hydrogen-bond acceptors (Lipinski definition) is 4. The van der Waals surface area contributed by atoms with Gasteiger partial charge in [-0.15, -0.1) is 0 Å². The third-order valence-corrected chi connectivity index (χ3v) is 2.33. The Morgan fingerprint density at radius 3 is 2.69 bits per heavy atom. The highest BCUT2D eigenvalue weighted by atomic mass is 16.3. The molecule has 0 aliphatic heterocycles. The molecule has 0 fully saturated rings. The molecule has 0 aliphatic rings. The van der Waals surface area contributed by atoms with Gasteiger partial charge >= 0.3 is 0 Å². The van der Waals surface area contributed by atoms with Crippen LogP contribution < -0.4 is 5.32 Å². The zero-order chi connectivity index (χ0) is 11.5. The number of hydrogen-bond donors (Lipinski definition) is 1. The van der Waals surface area contributed by atoms with Crippen LogP contribution in [0.5, 0.6) is 0 Å². The van der Waals surface area contributed by atoms with Gasteiger partial charge < -0.3 is 9.73 Å². The minimum atomic E-state index is 0.0653. The average molecular weight is 217 g/mol. The molecule has 0 spiro atoms. The summed E-state index contributed by atoms with van der Waals surface area (Å²) in [7, 11) is 0. The summed E-state index contributed by atoms with van der Waals surface area (Å²) in [6, 6.07) is 5.84. The molecule has 0 saturated carbocycles. The van der Waals surface area contributed by atoms with Crippen LogP contribution in [-0.2, 0) is 0 Å². The molecule has 2 heterocycles. The van der Waals surface area contributed by atoms with E-state index in [4.69, 9.17) is 4.42 Å². The summed E-state index contributed by atoms with van der Waals surface area (Å²) >= 11 is 0. The molecule has 0 aromatic carbocycles. The summed E-state index contributed by atoms with van der Waals surface area (Å²) in [5.74, 6) is 2.43. The first-order chi connectivity index (χ1) is 7.65. The minimum Gasteiger partial charge on any atom is -0.464 e. The second-order valence-corrected chi connectivity index (χ2v) is 3.84. The molecule has 1 unspecified atom stereocenters. The summed E-state index contributed by atoms with van der Waals surface area (Å²) in [5.41, 5.74) is 0.945. The third kappa shape index (κ3) is 2.39. The van der Waals surface area contributed by atoms with Crippen molar-refractivity contribution in [2.45, 2.75) is 26.8 Å². The highest BCUT2D eigenvalue weighted by Gasteiger charge is 2.10. The molecule has 2 aromatic heterocycles. The maximum Gasteiger partial charge on any atom is 0.223 e. The van der Waals surface area contributed by atoms with Gasteiger partial charge in [0, 0.05) is 11.9 Å². The smallest absolute Gasteiger partial charge is 0.223 e. The summed E-state index contributed by atoms with van der Waals surface area (Å²) in [6.45, 7) is 5.89. The van der Waals surface area contributed by atoms with Crippen molar-refractivity contribution in [3.8, 4) is 0 Å². The van der Waals surface area contributed by atoms with Crippen molar-refractivity contribution in [3.63, 3.8) is 0 Å². The quantitative estimate of drug-likeness (QED) is 0.858. The predicted octanol–water partition coefficient (Wildman–Crippen LogP) is 2.86. The van der Waals surface area contributed by atoms with Gasteiger partial charge in [-0.25, -0.2) is 9.97 Å². The first-order valence-electron chi connectivity index (χ1n) is 5.27. The van der Waals surface area contributed by atoms with Crippen LogP contribution in [0.15, 0.2) is 28.8 Å². The molecule has 0 amide bonds. The van der Waals surface area contributed by atoms with Gasteiger partial charge in [0.1, 0.15) is 11.5 Å². The monoisotopic (exact) mass is 217 g/mol. The third-order valence-electron chi connectivity index (χ3n) is 2.33. The average Bonchev–Trinajstić information content (AvgIpc) is 2.65. The van der Waals surface area contributed by atoms with E-state index in [0.717, 1.165) is 17.2 Å². The highest BCUT2D eigenvalue weighted by molar-refractivity contribution is 5.28. The van der Waals surface area contributed by atoms with Gasteiger partial charge in [0.05, 0.1) is 6.04 Å². The van der Waals surface area contributed by atoms with Crippen LogP contribution in [-0.4, -0.2) is 9.97 Å². The van der Waals surface area contributed by atoms with Crippen LogP contribution in [0, 0.1) is 13.8 Å². The fourth-order valence-electron chi connectivity index (χ4n) is 1.47. The number of anilines is 1. The normalized spacial score (nSPS) is 12.4. The van der Waals surface area contributed by atoms with Crippen molar-refractivity contribution in [2.24, 2.45) is 0 Å². The molecule has 0 radical (unpaired) electrons. The largest absolute Gasteiger partial charge is 0.464 e. The lowest BCUT2D eigenvalue weighted by Crippen LogP contribution is -2.08. The van der Waals surface area contributed by atoms with Crippen molar-refractivity contribution in [1.29, 1.82) is 0 Å². The van der Waals surface area contributed by atoms with Gasteiger partial charge in [-0.3, -0.25) is 0 Å². The maximum absolute atomic E-state index is 5.53. The Bertz CT molecular complexity index is 479. The van der Waals surface area contributed by atoms with E-state index in [1.165, 1.54) is 0 Å². The number of furan rings is 1. The fourth-order valence-corrected chi connectivity index (χ4v) is 1.47. The van der Waals surface area contributed by atoms with Gasteiger partial charge in [0.25, 0.3) is 0 Å². The Kier molecular flexibility index (Phi) is 2.90. The lowest BCUT2D eigenvalue weighted by Gasteiger charge is -2.11. The summed E-state index contributed by atoms with van der Waals surface area (Å²) < 4.78 is 5.53. The highest BCUT2D eigenvalue weighted by Crippen LogP contribution is 2.18. The first-order valence-corrected chi connectivity index (χ1v) is 5.27. The van der Waals surface area contributed by atoms with Gasteiger partial charge in [0.15, 0.2) is 0 Å². The Balaban J connectivity index is 2.10. The Hall–Kier alpha value is -1.84. The van der Waals surface area contributed by atoms with E-state index in [2.05, 4.69) is 15.3 Å². The molecular weight excluding hydrogens is 202 g/mol. The van der Waals surface area contributed by atoms with Gasteiger partial charge in [-0.2, -0.15) is 0 Å². The topological polar surface area (TPSA) is 51.0 Å². The Morgan fingerprint density at radius 1 is 1.25 bits per heavy atom. The summed E-state index contributed by atoms with van der Waals surface area (Å²) in [4.78, 5) is 8.43. The van der Waals surface area contributed by atoms with Crippen molar-refractivity contribution in [3.05, 3.63) is 41.6 Å². The zero-order valence-corrected chi connectivity index (χ0v) is 9.69. The van der Waals surface area contributed by atoms with Crippen LogP contribution in [0.1, 0.15) is 30.2 Å². The molecule has 0 saturated heterocycles. The number of nitrogens with one attached hydrogen (secondary N) is 1. The number of aryl methyl sites for hydroxylation is 2. The Morgan fingerprint density at radius 2 is 2.06 bits per heavy atom. The van der Waals surface area contributed by atoms with Crippen LogP contribution >= 0.6 is 0 Å². The molecular formula is C12H15N3O. The van der Waals surface area contributed by atoms with Gasteiger partial charge in [0.2, 0.25) is 5.95 Å². The molecule has 2 aromatic rings. The molecule has 2 rings (SSSR count). The lowest BCUT2D eigenvalue weighted by atomic mass is 10.2. The SMILES string of the molecule is Cc1ccnc(NC(C)c2ccc(C)o2)n1. The number of nitrogens with zero attached hydrogens (tertiary/aromatic N) is 2. The summed E-state index contributed by atoms with van der Waals surface area (Å²) in [6.07, 6.45) is 1.74. The second-order valence-electron chi connectivity index (χ2n) is 3.84. The molecule has 4 heteroatoms. The van der Waals surface area contributed by atoms with Crippen LogP contribution in [0.2, 0.25) is 0 Å². The van der Waals surface area contributed by atoms with Crippen molar-refractivity contribution in [2.75, 3.05) is 5.32 Å². The van der Waals surface area contributed by atoms with E-state index >= 15 is 0 Å². The van der Waals surface area contributed by atoms with Gasteiger partial charge in [-0.05, 0) is 39.0 Å². The molecule has 16 heavy (non-hydrogen) atoms. The molecule has 1 atom stereocenters. The molecule has 0 bridgehead atoms. The van der Waals surface area contributed by atoms with E-state index in [0.29, 0.717) is 5.95 Å². The lowest BCUT2D eigenvalue weighted by molar-refractivity contribution is 0.466. The maximum atomic E-state index is 5.53. The van der Waals surface area contributed by atoms with E-state index < -0.39 is 0 Å². The van der Waals surface area contributed by atoms with Crippen molar-refractivity contribution in [1.82, 2.24) is 9.97 Å².